The van der Waals surface area contributed by atoms with Gasteiger partial charge in [0.25, 0.3) is 0 Å². The van der Waals surface area contributed by atoms with E-state index in [-0.39, 0.29) is 25.0 Å². The zero-order chi connectivity index (χ0) is 24.1. The van der Waals surface area contributed by atoms with E-state index >= 15 is 0 Å². The van der Waals surface area contributed by atoms with Crippen molar-refractivity contribution in [2.24, 2.45) is 0 Å². The second kappa shape index (κ2) is 11.2. The Morgan fingerprint density at radius 2 is 1.34 bits per heavy atom. The van der Waals surface area contributed by atoms with Crippen molar-refractivity contribution in [2.45, 2.75) is 53.4 Å². The molecule has 0 spiro atoms. The van der Waals surface area contributed by atoms with Crippen molar-refractivity contribution >= 4 is 19.0 Å². The Hall–Kier alpha value is -2.07. The predicted molar refractivity (Wildman–Crippen MR) is 134 cm³/mol. The molecule has 176 valence electrons. The fourth-order valence-electron chi connectivity index (χ4n) is 3.86. The van der Waals surface area contributed by atoms with Gasteiger partial charge in [0, 0.05) is 5.56 Å². The van der Waals surface area contributed by atoms with Gasteiger partial charge in [-0.3, -0.25) is 4.57 Å². The predicted octanol–water partition coefficient (Wildman–Crippen LogP) is 7.15. The minimum atomic E-state index is -3.62. The smallest absolute Gasteiger partial charge is 0.362 e. The maximum atomic E-state index is 14.0. The van der Waals surface area contributed by atoms with Gasteiger partial charge in [-0.25, -0.2) is 0 Å². The molecule has 0 unspecified atom stereocenters. The molecule has 0 saturated heterocycles. The Bertz CT molecular complexity index is 955. The molecule has 5 nitrogen and oxygen atoms in total. The lowest BCUT2D eigenvalue weighted by Crippen LogP contribution is -2.16. The fraction of sp³-hybridized carbons (Fsp3) is 0.462. The average Bonchev–Trinajstić information content (AvgIpc) is 2.77. The summed E-state index contributed by atoms with van der Waals surface area (Å²) in [5, 5.41) is 0.481. The minimum absolute atomic E-state index is 0.224. The van der Waals surface area contributed by atoms with E-state index in [2.05, 4.69) is 46.4 Å². The molecule has 0 aliphatic heterocycles. The molecule has 2 aromatic rings. The third-order valence-corrected chi connectivity index (χ3v) is 7.52. The summed E-state index contributed by atoms with van der Waals surface area (Å²) in [6, 6.07) is 7.91. The van der Waals surface area contributed by atoms with Crippen molar-refractivity contribution in [3.05, 3.63) is 47.5 Å². The second-order valence-electron chi connectivity index (χ2n) is 8.15. The van der Waals surface area contributed by atoms with Gasteiger partial charge in [-0.1, -0.05) is 52.5 Å². The first-order valence-corrected chi connectivity index (χ1v) is 12.7. The van der Waals surface area contributed by atoms with Crippen LogP contribution in [0.25, 0.3) is 17.2 Å². The monoisotopic (exact) mass is 460 g/mol. The van der Waals surface area contributed by atoms with Crippen molar-refractivity contribution < 1.29 is 23.1 Å². The van der Waals surface area contributed by atoms with Crippen LogP contribution in [0.2, 0.25) is 0 Å². The molecule has 0 bridgehead atoms. The summed E-state index contributed by atoms with van der Waals surface area (Å²) in [4.78, 5) is 0. The lowest BCUT2D eigenvalue weighted by molar-refractivity contribution is 0.230. The zero-order valence-corrected chi connectivity index (χ0v) is 21.5. The highest BCUT2D eigenvalue weighted by Crippen LogP contribution is 2.52. The van der Waals surface area contributed by atoms with Crippen molar-refractivity contribution in [1.29, 1.82) is 0 Å². The maximum Gasteiger partial charge on any atom is 0.362 e. The lowest BCUT2D eigenvalue weighted by atomic mass is 9.83. The molecule has 0 aliphatic rings. The van der Waals surface area contributed by atoms with Crippen LogP contribution in [0.1, 0.15) is 70.1 Å². The molecular weight excluding hydrogens is 423 g/mol. The highest BCUT2D eigenvalue weighted by atomic mass is 31.2. The van der Waals surface area contributed by atoms with Gasteiger partial charge in [0.15, 0.2) is 11.5 Å². The zero-order valence-electron chi connectivity index (χ0n) is 20.7. The Balaban J connectivity index is 3.08. The van der Waals surface area contributed by atoms with Gasteiger partial charge in [-0.05, 0) is 60.1 Å². The lowest BCUT2D eigenvalue weighted by Gasteiger charge is -2.26. The second-order valence-corrected chi connectivity index (χ2v) is 10.1. The van der Waals surface area contributed by atoms with Gasteiger partial charge in [-0.2, -0.15) is 0 Å². The molecule has 0 fully saturated rings. The molecule has 0 atom stereocenters. The van der Waals surface area contributed by atoms with E-state index in [1.54, 1.807) is 20.3 Å². The fourth-order valence-corrected chi connectivity index (χ4v) is 5.64. The normalized spacial score (nSPS) is 11.8. The summed E-state index contributed by atoms with van der Waals surface area (Å²) < 4.78 is 36.7. The van der Waals surface area contributed by atoms with Gasteiger partial charge in [0.2, 0.25) is 0 Å². The number of hydrogen-bond donors (Lipinski definition) is 0. The highest BCUT2D eigenvalue weighted by Gasteiger charge is 2.34. The van der Waals surface area contributed by atoms with Gasteiger partial charge < -0.3 is 18.5 Å². The van der Waals surface area contributed by atoms with Gasteiger partial charge in [-0.15, -0.1) is 0 Å². The van der Waals surface area contributed by atoms with Crippen molar-refractivity contribution in [1.82, 2.24) is 0 Å². The quantitative estimate of drug-likeness (QED) is 0.333. The van der Waals surface area contributed by atoms with Crippen LogP contribution in [0.4, 0.5) is 0 Å². The van der Waals surface area contributed by atoms with Crippen molar-refractivity contribution in [3.63, 3.8) is 0 Å². The molecule has 0 N–H and O–H groups in total. The van der Waals surface area contributed by atoms with Crippen LogP contribution in [-0.2, 0) is 13.6 Å². The van der Waals surface area contributed by atoms with Crippen LogP contribution in [0, 0.1) is 0 Å². The third-order valence-electron chi connectivity index (χ3n) is 5.37. The Labute approximate surface area is 193 Å². The first-order chi connectivity index (χ1) is 15.2. The first-order valence-electron chi connectivity index (χ1n) is 11.1. The summed E-state index contributed by atoms with van der Waals surface area (Å²) in [7, 11) is -0.462. The van der Waals surface area contributed by atoms with Crippen molar-refractivity contribution in [2.75, 3.05) is 27.4 Å². The molecule has 2 aromatic carbocycles. The molecule has 0 amide bonds. The van der Waals surface area contributed by atoms with Crippen LogP contribution >= 0.6 is 7.60 Å². The third kappa shape index (κ3) is 5.28. The van der Waals surface area contributed by atoms with Crippen LogP contribution < -0.4 is 14.8 Å². The van der Waals surface area contributed by atoms with E-state index in [1.165, 1.54) is 0 Å². The van der Waals surface area contributed by atoms with Crippen molar-refractivity contribution in [3.8, 4) is 22.6 Å². The molecule has 2 rings (SSSR count). The molecule has 0 aromatic heterocycles. The van der Waals surface area contributed by atoms with E-state index in [0.29, 0.717) is 16.8 Å². The summed E-state index contributed by atoms with van der Waals surface area (Å²) in [5.74, 6) is 1.48. The number of methoxy groups -OCH3 is 2. The summed E-state index contributed by atoms with van der Waals surface area (Å²) in [6.45, 7) is 16.7. The Morgan fingerprint density at radius 1 is 0.875 bits per heavy atom. The first kappa shape index (κ1) is 26.2. The molecule has 32 heavy (non-hydrogen) atoms. The molecule has 6 heteroatoms. The summed E-state index contributed by atoms with van der Waals surface area (Å²) in [5.41, 5.74) is 5.13. The van der Waals surface area contributed by atoms with E-state index in [1.807, 2.05) is 26.0 Å². The topological polar surface area (TPSA) is 54.0 Å². The van der Waals surface area contributed by atoms with Gasteiger partial charge in [0.1, 0.15) is 0 Å². The van der Waals surface area contributed by atoms with E-state index in [9.17, 15) is 4.57 Å². The van der Waals surface area contributed by atoms with Crippen LogP contribution in [-0.4, -0.2) is 27.4 Å². The number of rotatable bonds is 11. The average molecular weight is 461 g/mol. The molecule has 0 aliphatic carbocycles. The highest BCUT2D eigenvalue weighted by molar-refractivity contribution is 7.62. The van der Waals surface area contributed by atoms with Crippen LogP contribution in [0.3, 0.4) is 0 Å². The van der Waals surface area contributed by atoms with Crippen LogP contribution in [0.5, 0.6) is 11.5 Å². The van der Waals surface area contributed by atoms with Gasteiger partial charge in [0.05, 0.1) is 32.7 Å². The van der Waals surface area contributed by atoms with E-state index in [4.69, 9.17) is 18.5 Å². The molecular formula is C26H37O5P. The SMILES string of the molecule is C=Cc1cc(C(C)C)c(-c2cc(OC)c(OC)cc2P(=O)(OCC)OCC)c(C(C)C)c1. The summed E-state index contributed by atoms with van der Waals surface area (Å²) in [6.07, 6.45) is 1.86. The minimum Gasteiger partial charge on any atom is -0.493 e. The van der Waals surface area contributed by atoms with E-state index < -0.39 is 7.60 Å². The number of hydrogen-bond acceptors (Lipinski definition) is 5. The largest absolute Gasteiger partial charge is 0.493 e. The number of benzene rings is 2. The Morgan fingerprint density at radius 3 is 1.72 bits per heavy atom. The number of ether oxygens (including phenoxy) is 2. The maximum absolute atomic E-state index is 14.0. The molecule has 0 radical (unpaired) electrons. The molecule has 0 saturated carbocycles. The van der Waals surface area contributed by atoms with Gasteiger partial charge >= 0.3 is 7.60 Å². The Kier molecular flexibility index (Phi) is 9.15. The van der Waals surface area contributed by atoms with Crippen LogP contribution in [0.15, 0.2) is 30.8 Å². The molecule has 0 heterocycles. The summed E-state index contributed by atoms with van der Waals surface area (Å²) >= 11 is 0. The standard InChI is InChI=1S/C26H37O5P/c1-10-19-13-20(17(4)5)26(21(14-19)18(6)7)22-15-23(28-8)24(29-9)16-25(22)32(27,30-11-2)31-12-3/h10,13-18H,1,11-12H2,2-9H3. The van der Waals surface area contributed by atoms with E-state index in [0.717, 1.165) is 27.8 Å².